The summed E-state index contributed by atoms with van der Waals surface area (Å²) < 4.78 is 0. The van der Waals surface area contributed by atoms with E-state index in [4.69, 9.17) is 0 Å². The molecule has 28 heavy (non-hydrogen) atoms. The van der Waals surface area contributed by atoms with E-state index in [9.17, 15) is 9.59 Å². The second kappa shape index (κ2) is 9.12. The van der Waals surface area contributed by atoms with E-state index >= 15 is 0 Å². The molecule has 1 spiro atoms. The molecule has 2 saturated heterocycles. The molecule has 1 saturated carbocycles. The van der Waals surface area contributed by atoms with Gasteiger partial charge in [0.05, 0.1) is 0 Å². The fourth-order valence-electron chi connectivity index (χ4n) is 5.03. The Morgan fingerprint density at radius 1 is 1.07 bits per heavy atom. The summed E-state index contributed by atoms with van der Waals surface area (Å²) in [5.41, 5.74) is 0.270. The van der Waals surface area contributed by atoms with Gasteiger partial charge in [-0.1, -0.05) is 20.8 Å². The van der Waals surface area contributed by atoms with E-state index in [-0.39, 0.29) is 17.2 Å². The minimum absolute atomic E-state index is 0.0465. The lowest BCUT2D eigenvalue weighted by molar-refractivity contribution is -0.132. The van der Waals surface area contributed by atoms with Crippen molar-refractivity contribution in [1.29, 1.82) is 0 Å². The predicted octanol–water partition coefficient (Wildman–Crippen LogP) is 1.95. The maximum atomic E-state index is 12.7. The van der Waals surface area contributed by atoms with Gasteiger partial charge in [-0.25, -0.2) is 0 Å². The first-order chi connectivity index (χ1) is 13.3. The summed E-state index contributed by atoms with van der Waals surface area (Å²) in [5.74, 6) is 0.514. The number of carbonyl (C=O) groups is 2. The predicted molar refractivity (Wildman–Crippen MR) is 112 cm³/mol. The van der Waals surface area contributed by atoms with Crippen molar-refractivity contribution in [1.82, 2.24) is 20.0 Å². The summed E-state index contributed by atoms with van der Waals surface area (Å²) in [4.78, 5) is 31.6. The number of amides is 2. The summed E-state index contributed by atoms with van der Waals surface area (Å²) in [6.07, 6.45) is 5.02. The molecule has 3 aliphatic rings. The van der Waals surface area contributed by atoms with Gasteiger partial charge in [0.2, 0.25) is 11.8 Å². The molecule has 0 aromatic heterocycles. The van der Waals surface area contributed by atoms with Crippen LogP contribution < -0.4 is 5.32 Å². The Balaban J connectivity index is 1.34. The van der Waals surface area contributed by atoms with Gasteiger partial charge in [-0.15, -0.1) is 0 Å². The first-order valence-corrected chi connectivity index (χ1v) is 11.4. The van der Waals surface area contributed by atoms with Gasteiger partial charge < -0.3 is 15.1 Å². The van der Waals surface area contributed by atoms with Crippen LogP contribution in [0.15, 0.2) is 0 Å². The third-order valence-corrected chi connectivity index (χ3v) is 7.28. The highest BCUT2D eigenvalue weighted by atomic mass is 16.2. The largest absolute Gasteiger partial charge is 0.353 e. The molecule has 2 amide bonds. The van der Waals surface area contributed by atoms with E-state index in [1.807, 2.05) is 13.8 Å². The first kappa shape index (κ1) is 21.6. The van der Waals surface area contributed by atoms with Crippen molar-refractivity contribution in [2.24, 2.45) is 11.3 Å². The van der Waals surface area contributed by atoms with Crippen LogP contribution in [0.4, 0.5) is 0 Å². The zero-order valence-corrected chi connectivity index (χ0v) is 18.4. The van der Waals surface area contributed by atoms with Gasteiger partial charge in [0, 0.05) is 70.2 Å². The van der Waals surface area contributed by atoms with Crippen LogP contribution in [0.3, 0.4) is 0 Å². The molecule has 0 radical (unpaired) electrons. The Kier molecular flexibility index (Phi) is 7.02. The number of nitrogens with one attached hydrogen (secondary N) is 1. The fraction of sp³-hybridized carbons (Fsp3) is 0.909. The number of hydrogen-bond donors (Lipinski definition) is 1. The fourth-order valence-corrected chi connectivity index (χ4v) is 5.03. The number of nitrogens with zero attached hydrogens (tertiary/aromatic N) is 3. The van der Waals surface area contributed by atoms with Gasteiger partial charge in [0.15, 0.2) is 0 Å². The van der Waals surface area contributed by atoms with Crippen LogP contribution in [0.25, 0.3) is 0 Å². The zero-order valence-electron chi connectivity index (χ0n) is 18.4. The molecule has 0 aromatic carbocycles. The smallest absolute Gasteiger partial charge is 0.223 e. The lowest BCUT2D eigenvalue weighted by Crippen LogP contribution is -2.53. The molecule has 3 rings (SSSR count). The Hall–Kier alpha value is -1.14. The normalized spacial score (nSPS) is 29.9. The molecule has 1 N–H and O–H groups in total. The van der Waals surface area contributed by atoms with Crippen molar-refractivity contribution in [3.63, 3.8) is 0 Å². The maximum Gasteiger partial charge on any atom is 0.223 e. The second-order valence-electron chi connectivity index (χ2n) is 9.72. The Morgan fingerprint density at radius 3 is 2.36 bits per heavy atom. The monoisotopic (exact) mass is 392 g/mol. The maximum absolute atomic E-state index is 12.7. The van der Waals surface area contributed by atoms with Crippen molar-refractivity contribution in [3.05, 3.63) is 0 Å². The minimum Gasteiger partial charge on any atom is -0.353 e. The lowest BCUT2D eigenvalue weighted by Gasteiger charge is -2.45. The molecule has 1 aliphatic carbocycles. The topological polar surface area (TPSA) is 55.9 Å². The van der Waals surface area contributed by atoms with Gasteiger partial charge in [0.25, 0.3) is 0 Å². The van der Waals surface area contributed by atoms with Gasteiger partial charge in [-0.05, 0) is 38.0 Å². The number of rotatable bonds is 7. The molecule has 2 aliphatic heterocycles. The molecule has 3 fully saturated rings. The molecule has 2 heterocycles. The summed E-state index contributed by atoms with van der Waals surface area (Å²) in [6.45, 7) is 15.5. The van der Waals surface area contributed by atoms with E-state index in [1.54, 1.807) is 0 Å². The number of likely N-dealkylation sites (tertiary alicyclic amines) is 1. The lowest BCUT2D eigenvalue weighted by atomic mass is 9.65. The zero-order chi connectivity index (χ0) is 20.3. The van der Waals surface area contributed by atoms with Gasteiger partial charge in [-0.3, -0.25) is 14.5 Å². The molecular formula is C22H40N4O2. The van der Waals surface area contributed by atoms with Gasteiger partial charge >= 0.3 is 0 Å². The summed E-state index contributed by atoms with van der Waals surface area (Å²) >= 11 is 0. The molecule has 0 aromatic rings. The standard InChI is InChI=1S/C22H40N4O2/c1-5-18(4)25-12-10-24(11-13-25)8-6-20(27)26-9-7-22(16-26)14-19(15-22)23-21(28)17(2)3/h17-19H,5-16H2,1-4H3,(H,23,28). The third-order valence-electron chi connectivity index (χ3n) is 7.28. The molecule has 6 heteroatoms. The highest BCUT2D eigenvalue weighted by Gasteiger charge is 2.49. The Morgan fingerprint density at radius 2 is 1.75 bits per heavy atom. The summed E-state index contributed by atoms with van der Waals surface area (Å²) in [5, 5.41) is 3.14. The van der Waals surface area contributed by atoms with E-state index < -0.39 is 0 Å². The molecule has 6 nitrogen and oxygen atoms in total. The van der Waals surface area contributed by atoms with Crippen molar-refractivity contribution in [2.75, 3.05) is 45.8 Å². The van der Waals surface area contributed by atoms with Crippen molar-refractivity contribution in [2.45, 2.75) is 71.9 Å². The summed E-state index contributed by atoms with van der Waals surface area (Å²) in [6, 6.07) is 0.980. The third kappa shape index (κ3) is 5.07. The van der Waals surface area contributed by atoms with Crippen LogP contribution in [-0.2, 0) is 9.59 Å². The average molecular weight is 393 g/mol. The highest BCUT2D eigenvalue weighted by Crippen LogP contribution is 2.48. The van der Waals surface area contributed by atoms with E-state index in [0.717, 1.165) is 65.1 Å². The van der Waals surface area contributed by atoms with E-state index in [0.29, 0.717) is 24.4 Å². The number of hydrogen-bond acceptors (Lipinski definition) is 4. The number of piperazine rings is 1. The van der Waals surface area contributed by atoms with Crippen molar-refractivity contribution in [3.8, 4) is 0 Å². The van der Waals surface area contributed by atoms with Crippen LogP contribution >= 0.6 is 0 Å². The van der Waals surface area contributed by atoms with Gasteiger partial charge in [0.1, 0.15) is 0 Å². The van der Waals surface area contributed by atoms with Gasteiger partial charge in [-0.2, -0.15) is 0 Å². The second-order valence-corrected chi connectivity index (χ2v) is 9.72. The van der Waals surface area contributed by atoms with Crippen LogP contribution in [0.5, 0.6) is 0 Å². The van der Waals surface area contributed by atoms with Crippen LogP contribution in [-0.4, -0.2) is 84.4 Å². The molecule has 160 valence electrons. The number of carbonyl (C=O) groups excluding carboxylic acids is 2. The quantitative estimate of drug-likeness (QED) is 0.719. The highest BCUT2D eigenvalue weighted by molar-refractivity contribution is 5.78. The Bertz CT molecular complexity index is 551. The first-order valence-electron chi connectivity index (χ1n) is 11.4. The van der Waals surface area contributed by atoms with E-state index in [2.05, 4.69) is 33.9 Å². The molecular weight excluding hydrogens is 352 g/mol. The SMILES string of the molecule is CCC(C)N1CCN(CCC(=O)N2CCC3(CC(NC(=O)C(C)C)C3)C2)CC1. The molecule has 1 unspecified atom stereocenters. The van der Waals surface area contributed by atoms with Crippen LogP contribution in [0, 0.1) is 11.3 Å². The van der Waals surface area contributed by atoms with Crippen molar-refractivity contribution < 1.29 is 9.59 Å². The summed E-state index contributed by atoms with van der Waals surface area (Å²) in [7, 11) is 0. The molecule has 0 bridgehead atoms. The van der Waals surface area contributed by atoms with Crippen LogP contribution in [0.1, 0.15) is 59.8 Å². The Labute approximate surface area is 171 Å². The van der Waals surface area contributed by atoms with E-state index in [1.165, 1.54) is 6.42 Å². The minimum atomic E-state index is 0.0465. The van der Waals surface area contributed by atoms with Crippen LogP contribution in [0.2, 0.25) is 0 Å². The average Bonchev–Trinajstić information content (AvgIpc) is 3.11. The van der Waals surface area contributed by atoms with Crippen molar-refractivity contribution >= 4 is 11.8 Å². The molecule has 1 atom stereocenters.